The van der Waals surface area contributed by atoms with Crippen molar-refractivity contribution in [1.82, 2.24) is 25.2 Å². The molecular formula is C23H33N7O+2. The highest BCUT2D eigenvalue weighted by Crippen LogP contribution is 2.31. The second-order valence-electron chi connectivity index (χ2n) is 9.55. The fraction of sp³-hybridized carbons (Fsp3) is 0.565. The zero-order valence-corrected chi connectivity index (χ0v) is 18.7. The topological polar surface area (TPSA) is 85.3 Å². The molecule has 1 aliphatic heterocycles. The molecule has 1 atom stereocenters. The van der Waals surface area contributed by atoms with Crippen LogP contribution in [-0.4, -0.2) is 58.4 Å². The molecule has 0 spiro atoms. The van der Waals surface area contributed by atoms with E-state index in [0.29, 0.717) is 6.04 Å². The zero-order valence-electron chi connectivity index (χ0n) is 18.7. The Morgan fingerprint density at radius 3 is 2.52 bits per heavy atom. The summed E-state index contributed by atoms with van der Waals surface area (Å²) in [6, 6.07) is 6.51. The molecule has 1 saturated heterocycles. The van der Waals surface area contributed by atoms with Gasteiger partial charge in [-0.25, -0.2) is 4.68 Å². The molecule has 1 aliphatic carbocycles. The Bertz CT molecular complexity index is 1140. The van der Waals surface area contributed by atoms with Gasteiger partial charge in [0, 0.05) is 5.52 Å². The second kappa shape index (κ2) is 8.16. The maximum Gasteiger partial charge on any atom is 0.258 e. The molecular weight excluding hydrogens is 390 g/mol. The van der Waals surface area contributed by atoms with Gasteiger partial charge in [0.05, 0.1) is 18.7 Å². The van der Waals surface area contributed by atoms with Crippen LogP contribution in [0, 0.1) is 13.8 Å². The summed E-state index contributed by atoms with van der Waals surface area (Å²) in [6.07, 6.45) is 4.65. The third-order valence-electron chi connectivity index (χ3n) is 7.40. The van der Waals surface area contributed by atoms with Crippen LogP contribution >= 0.6 is 0 Å². The van der Waals surface area contributed by atoms with Gasteiger partial charge in [0.15, 0.2) is 6.04 Å². The van der Waals surface area contributed by atoms with Crippen molar-refractivity contribution in [2.24, 2.45) is 0 Å². The number of piperazine rings is 1. The van der Waals surface area contributed by atoms with Crippen LogP contribution in [0.25, 0.3) is 10.9 Å². The van der Waals surface area contributed by atoms with Crippen LogP contribution in [-0.2, 0) is 0 Å². The SMILES string of the molecule is Cc1cc2cc([C@@H](c3nnnn3C3CCCC3)[NH+]3CC[NH+](C)CC3)c(=O)[nH]c2cc1C. The maximum absolute atomic E-state index is 13.4. The minimum absolute atomic E-state index is 0.0273. The number of quaternary nitrogens is 2. The number of H-pyrrole nitrogens is 1. The van der Waals surface area contributed by atoms with E-state index in [0.717, 1.165) is 61.3 Å². The van der Waals surface area contributed by atoms with E-state index in [4.69, 9.17) is 0 Å². The molecule has 3 aromatic rings. The highest BCUT2D eigenvalue weighted by molar-refractivity contribution is 5.80. The first-order valence-corrected chi connectivity index (χ1v) is 11.6. The number of rotatable bonds is 4. The van der Waals surface area contributed by atoms with Crippen molar-refractivity contribution in [3.8, 4) is 0 Å². The summed E-state index contributed by atoms with van der Waals surface area (Å²) in [7, 11) is 2.24. The normalized spacial score (nSPS) is 23.5. The first-order valence-electron chi connectivity index (χ1n) is 11.6. The van der Waals surface area contributed by atoms with E-state index < -0.39 is 0 Å². The second-order valence-corrected chi connectivity index (χ2v) is 9.55. The molecule has 2 fully saturated rings. The largest absolute Gasteiger partial charge is 0.328 e. The lowest BCUT2D eigenvalue weighted by Gasteiger charge is -2.33. The lowest BCUT2D eigenvalue weighted by molar-refractivity contribution is -1.02. The third kappa shape index (κ3) is 3.78. The number of nitrogens with zero attached hydrogens (tertiary/aromatic N) is 4. The molecule has 1 aromatic carbocycles. The number of benzene rings is 1. The highest BCUT2D eigenvalue weighted by atomic mass is 16.1. The van der Waals surface area contributed by atoms with Crippen molar-refractivity contribution in [2.75, 3.05) is 33.2 Å². The van der Waals surface area contributed by atoms with Crippen molar-refractivity contribution >= 4 is 10.9 Å². The van der Waals surface area contributed by atoms with Gasteiger partial charge in [0.25, 0.3) is 5.56 Å². The molecule has 5 rings (SSSR count). The highest BCUT2D eigenvalue weighted by Gasteiger charge is 2.38. The summed E-state index contributed by atoms with van der Waals surface area (Å²) in [5.74, 6) is 0.843. The fourth-order valence-electron chi connectivity index (χ4n) is 5.34. The van der Waals surface area contributed by atoms with E-state index >= 15 is 0 Å². The molecule has 8 nitrogen and oxygen atoms in total. The zero-order chi connectivity index (χ0) is 21.5. The van der Waals surface area contributed by atoms with Crippen LogP contribution in [0.15, 0.2) is 23.0 Å². The lowest BCUT2D eigenvalue weighted by Crippen LogP contribution is -3.27. The van der Waals surface area contributed by atoms with E-state index in [1.165, 1.54) is 33.8 Å². The molecule has 31 heavy (non-hydrogen) atoms. The van der Waals surface area contributed by atoms with Gasteiger partial charge in [-0.05, 0) is 71.8 Å². The molecule has 1 saturated carbocycles. The summed E-state index contributed by atoms with van der Waals surface area (Å²) in [4.78, 5) is 19.4. The van der Waals surface area contributed by atoms with Crippen molar-refractivity contribution < 1.29 is 9.80 Å². The average molecular weight is 424 g/mol. The number of tetrazole rings is 1. The van der Waals surface area contributed by atoms with Crippen LogP contribution < -0.4 is 15.4 Å². The number of aromatic amines is 1. The summed E-state index contributed by atoms with van der Waals surface area (Å²) in [5, 5.41) is 14.0. The molecule has 3 heterocycles. The molecule has 8 heteroatoms. The average Bonchev–Trinajstić information content (AvgIpc) is 3.43. The number of hydrogen-bond donors (Lipinski definition) is 3. The van der Waals surface area contributed by atoms with Gasteiger partial charge in [-0.1, -0.05) is 12.8 Å². The smallest absolute Gasteiger partial charge is 0.258 e. The number of aryl methyl sites for hydroxylation is 2. The van der Waals surface area contributed by atoms with Gasteiger partial charge in [-0.15, -0.1) is 5.10 Å². The van der Waals surface area contributed by atoms with Gasteiger partial charge >= 0.3 is 0 Å². The Kier molecular flexibility index (Phi) is 5.35. The van der Waals surface area contributed by atoms with Gasteiger partial charge < -0.3 is 14.8 Å². The van der Waals surface area contributed by atoms with Crippen LogP contribution in [0.1, 0.15) is 60.3 Å². The van der Waals surface area contributed by atoms with Gasteiger partial charge in [-0.2, -0.15) is 0 Å². The molecule has 3 N–H and O–H groups in total. The standard InChI is InChI=1S/C23H31N7O/c1-15-12-17-14-19(23(31)24-20(17)13-16(15)2)21(29-10-8-28(3)9-11-29)22-25-26-27-30(22)18-6-4-5-7-18/h12-14,18,21H,4-11H2,1-3H3,(H,24,31)/p+2/t21-/m0/s1. The van der Waals surface area contributed by atoms with Gasteiger partial charge in [-0.3, -0.25) is 4.79 Å². The van der Waals surface area contributed by atoms with Crippen LogP contribution in [0.2, 0.25) is 0 Å². The first kappa shape index (κ1) is 20.3. The van der Waals surface area contributed by atoms with Gasteiger partial charge in [0.2, 0.25) is 5.82 Å². The van der Waals surface area contributed by atoms with Crippen molar-refractivity contribution in [3.05, 3.63) is 51.1 Å². The fourth-order valence-corrected chi connectivity index (χ4v) is 5.34. The maximum atomic E-state index is 13.4. The Morgan fingerprint density at radius 1 is 1.06 bits per heavy atom. The number of likely N-dealkylation sites (N-methyl/N-ethyl adjacent to an activating group) is 1. The van der Waals surface area contributed by atoms with E-state index in [1.807, 2.05) is 4.68 Å². The van der Waals surface area contributed by atoms with Crippen molar-refractivity contribution in [3.63, 3.8) is 0 Å². The Morgan fingerprint density at radius 2 is 1.77 bits per heavy atom. The molecule has 0 bridgehead atoms. The quantitative estimate of drug-likeness (QED) is 0.540. The number of hydrogen-bond acceptors (Lipinski definition) is 4. The third-order valence-corrected chi connectivity index (χ3v) is 7.40. The predicted octanol–water partition coefficient (Wildman–Crippen LogP) is -0.251. The molecule has 0 unspecified atom stereocenters. The summed E-state index contributed by atoms with van der Waals surface area (Å²) in [6.45, 7) is 8.36. The van der Waals surface area contributed by atoms with E-state index in [-0.39, 0.29) is 11.6 Å². The van der Waals surface area contributed by atoms with Crippen LogP contribution in [0.3, 0.4) is 0 Å². The lowest BCUT2D eigenvalue weighted by atomic mass is 10.00. The predicted molar refractivity (Wildman–Crippen MR) is 119 cm³/mol. The Labute approximate surface area is 182 Å². The van der Waals surface area contributed by atoms with E-state index in [1.54, 1.807) is 0 Å². The summed E-state index contributed by atoms with van der Waals surface area (Å²) in [5.41, 5.74) is 4.06. The number of pyridine rings is 1. The number of fused-ring (bicyclic) bond motifs is 1. The molecule has 164 valence electrons. The van der Waals surface area contributed by atoms with E-state index in [2.05, 4.69) is 59.6 Å². The molecule has 0 amide bonds. The van der Waals surface area contributed by atoms with Gasteiger partial charge in [0.1, 0.15) is 26.2 Å². The van der Waals surface area contributed by atoms with Crippen molar-refractivity contribution in [2.45, 2.75) is 51.6 Å². The molecule has 2 aromatic heterocycles. The molecule has 0 radical (unpaired) electrons. The van der Waals surface area contributed by atoms with Crippen LogP contribution in [0.4, 0.5) is 0 Å². The first-order chi connectivity index (χ1) is 15.0. The van der Waals surface area contributed by atoms with E-state index in [9.17, 15) is 4.79 Å². The summed E-state index contributed by atoms with van der Waals surface area (Å²) >= 11 is 0. The monoisotopic (exact) mass is 423 g/mol. The van der Waals surface area contributed by atoms with Crippen LogP contribution in [0.5, 0.6) is 0 Å². The Hall–Kier alpha value is -2.58. The number of nitrogens with one attached hydrogen (secondary N) is 3. The Balaban J connectivity index is 1.65. The number of aromatic nitrogens is 5. The molecule has 2 aliphatic rings. The summed E-state index contributed by atoms with van der Waals surface area (Å²) < 4.78 is 2.03. The minimum atomic E-state index is -0.154. The minimum Gasteiger partial charge on any atom is -0.328 e. The van der Waals surface area contributed by atoms with Crippen molar-refractivity contribution in [1.29, 1.82) is 0 Å².